The van der Waals surface area contributed by atoms with Crippen molar-refractivity contribution in [1.29, 1.82) is 0 Å². The smallest absolute Gasteiger partial charge is 0.229 e. The first-order chi connectivity index (χ1) is 12.7. The van der Waals surface area contributed by atoms with Crippen molar-refractivity contribution in [2.75, 3.05) is 42.9 Å². The second kappa shape index (κ2) is 7.29. The van der Waals surface area contributed by atoms with E-state index >= 15 is 0 Å². The van der Waals surface area contributed by atoms with Crippen LogP contribution in [0.1, 0.15) is 13.3 Å². The second-order valence-corrected chi connectivity index (χ2v) is 6.70. The SMILES string of the molecule is CCCN1CCN(c2nc(Nc3ccccc3)c3cnn(C)c3n2)CC1. The number of aryl methyl sites for hydroxylation is 1. The van der Waals surface area contributed by atoms with Crippen LogP contribution in [0.2, 0.25) is 0 Å². The van der Waals surface area contributed by atoms with Gasteiger partial charge in [0.1, 0.15) is 5.82 Å². The highest BCUT2D eigenvalue weighted by atomic mass is 15.4. The zero-order chi connectivity index (χ0) is 17.9. The summed E-state index contributed by atoms with van der Waals surface area (Å²) in [6.45, 7) is 7.41. The maximum absolute atomic E-state index is 4.84. The number of nitrogens with one attached hydrogen (secondary N) is 1. The van der Waals surface area contributed by atoms with Gasteiger partial charge in [-0.2, -0.15) is 15.1 Å². The van der Waals surface area contributed by atoms with Crippen molar-refractivity contribution in [3.8, 4) is 0 Å². The summed E-state index contributed by atoms with van der Waals surface area (Å²) >= 11 is 0. The van der Waals surface area contributed by atoms with Crippen LogP contribution in [0, 0.1) is 0 Å². The number of nitrogens with zero attached hydrogens (tertiary/aromatic N) is 6. The van der Waals surface area contributed by atoms with Gasteiger partial charge in [-0.25, -0.2) is 0 Å². The van der Waals surface area contributed by atoms with Gasteiger partial charge in [0.15, 0.2) is 5.65 Å². The summed E-state index contributed by atoms with van der Waals surface area (Å²) in [7, 11) is 1.92. The third-order valence-corrected chi connectivity index (χ3v) is 4.81. The molecule has 2 aromatic heterocycles. The van der Waals surface area contributed by atoms with Gasteiger partial charge in [-0.3, -0.25) is 9.58 Å². The summed E-state index contributed by atoms with van der Waals surface area (Å²) in [5.41, 5.74) is 1.86. The van der Waals surface area contributed by atoms with Crippen molar-refractivity contribution < 1.29 is 0 Å². The molecule has 0 radical (unpaired) electrons. The molecule has 0 atom stereocenters. The molecular formula is C19H25N7. The molecule has 0 spiro atoms. The van der Waals surface area contributed by atoms with Gasteiger partial charge in [0.25, 0.3) is 0 Å². The van der Waals surface area contributed by atoms with E-state index in [9.17, 15) is 0 Å². The van der Waals surface area contributed by atoms with Crippen LogP contribution in [0.25, 0.3) is 11.0 Å². The minimum Gasteiger partial charge on any atom is -0.339 e. The van der Waals surface area contributed by atoms with Gasteiger partial charge in [0.2, 0.25) is 5.95 Å². The number of rotatable bonds is 5. The minimum atomic E-state index is 0.774. The molecule has 1 aliphatic heterocycles. The standard InChI is InChI=1S/C19H25N7/c1-3-9-25-10-12-26(13-11-25)19-22-17(21-15-7-5-4-6-8-15)16-14-20-24(2)18(16)23-19/h4-8,14H,3,9-13H2,1-2H3,(H,21,22,23). The molecule has 1 aliphatic rings. The summed E-state index contributed by atoms with van der Waals surface area (Å²) in [5.74, 6) is 1.58. The van der Waals surface area contributed by atoms with Crippen molar-refractivity contribution in [2.45, 2.75) is 13.3 Å². The van der Waals surface area contributed by atoms with Crippen LogP contribution < -0.4 is 10.2 Å². The maximum atomic E-state index is 4.84. The third kappa shape index (κ3) is 3.35. The Labute approximate surface area is 153 Å². The van der Waals surface area contributed by atoms with Crippen LogP contribution in [0.3, 0.4) is 0 Å². The molecule has 1 N–H and O–H groups in total. The lowest BCUT2D eigenvalue weighted by molar-refractivity contribution is 0.257. The van der Waals surface area contributed by atoms with Crippen LogP contribution >= 0.6 is 0 Å². The number of hydrogen-bond acceptors (Lipinski definition) is 6. The number of para-hydroxylation sites is 1. The number of anilines is 3. The molecule has 0 aliphatic carbocycles. The van der Waals surface area contributed by atoms with Gasteiger partial charge in [-0.1, -0.05) is 25.1 Å². The van der Waals surface area contributed by atoms with Crippen molar-refractivity contribution in [2.24, 2.45) is 7.05 Å². The Morgan fingerprint density at radius 2 is 1.81 bits per heavy atom. The molecule has 0 amide bonds. The number of hydrogen-bond donors (Lipinski definition) is 1. The van der Waals surface area contributed by atoms with E-state index in [0.717, 1.165) is 61.2 Å². The summed E-state index contributed by atoms with van der Waals surface area (Å²) in [6, 6.07) is 10.1. The van der Waals surface area contributed by atoms with Crippen molar-refractivity contribution in [3.05, 3.63) is 36.5 Å². The van der Waals surface area contributed by atoms with Crippen molar-refractivity contribution in [1.82, 2.24) is 24.6 Å². The van der Waals surface area contributed by atoms with Crippen LogP contribution in [-0.2, 0) is 7.05 Å². The molecule has 4 rings (SSSR count). The Bertz CT molecular complexity index is 866. The Hall–Kier alpha value is -2.67. The summed E-state index contributed by atoms with van der Waals surface area (Å²) in [4.78, 5) is 14.4. The average Bonchev–Trinajstić information content (AvgIpc) is 3.05. The van der Waals surface area contributed by atoms with E-state index in [1.807, 2.05) is 48.3 Å². The Morgan fingerprint density at radius 1 is 1.04 bits per heavy atom. The number of benzene rings is 1. The Balaban J connectivity index is 1.64. The van der Waals surface area contributed by atoms with Gasteiger partial charge < -0.3 is 10.2 Å². The minimum absolute atomic E-state index is 0.774. The fourth-order valence-electron chi connectivity index (χ4n) is 3.39. The fourth-order valence-corrected chi connectivity index (χ4v) is 3.39. The maximum Gasteiger partial charge on any atom is 0.229 e. The molecule has 1 saturated heterocycles. The fraction of sp³-hybridized carbons (Fsp3) is 0.421. The Morgan fingerprint density at radius 3 is 2.54 bits per heavy atom. The van der Waals surface area contributed by atoms with Crippen molar-refractivity contribution >= 4 is 28.5 Å². The molecule has 1 aromatic carbocycles. The molecule has 0 saturated carbocycles. The zero-order valence-electron chi connectivity index (χ0n) is 15.4. The van der Waals surface area contributed by atoms with Gasteiger partial charge in [-0.15, -0.1) is 0 Å². The van der Waals surface area contributed by atoms with Gasteiger partial charge in [-0.05, 0) is 25.1 Å². The average molecular weight is 351 g/mol. The molecular weight excluding hydrogens is 326 g/mol. The lowest BCUT2D eigenvalue weighted by Crippen LogP contribution is -2.47. The lowest BCUT2D eigenvalue weighted by atomic mass is 10.3. The summed E-state index contributed by atoms with van der Waals surface area (Å²) < 4.78 is 1.81. The van der Waals surface area contributed by atoms with Gasteiger partial charge in [0.05, 0.1) is 11.6 Å². The van der Waals surface area contributed by atoms with E-state index in [-0.39, 0.29) is 0 Å². The zero-order valence-corrected chi connectivity index (χ0v) is 15.4. The summed E-state index contributed by atoms with van der Waals surface area (Å²) in [6.07, 6.45) is 3.02. The van der Waals surface area contributed by atoms with Gasteiger partial charge in [0, 0.05) is 38.9 Å². The van der Waals surface area contributed by atoms with Crippen molar-refractivity contribution in [3.63, 3.8) is 0 Å². The van der Waals surface area contributed by atoms with E-state index in [1.165, 1.54) is 6.42 Å². The monoisotopic (exact) mass is 351 g/mol. The molecule has 136 valence electrons. The highest BCUT2D eigenvalue weighted by molar-refractivity contribution is 5.89. The third-order valence-electron chi connectivity index (χ3n) is 4.81. The van der Waals surface area contributed by atoms with Crippen LogP contribution in [0.15, 0.2) is 36.5 Å². The summed E-state index contributed by atoms with van der Waals surface area (Å²) in [5, 5.41) is 8.73. The first-order valence-corrected chi connectivity index (χ1v) is 9.23. The molecule has 0 unspecified atom stereocenters. The topological polar surface area (TPSA) is 62.1 Å². The first kappa shape index (κ1) is 16.8. The molecule has 26 heavy (non-hydrogen) atoms. The van der Waals surface area contributed by atoms with Gasteiger partial charge >= 0.3 is 0 Å². The molecule has 3 heterocycles. The number of piperazine rings is 1. The largest absolute Gasteiger partial charge is 0.339 e. The Kier molecular flexibility index (Phi) is 4.71. The normalized spacial score (nSPS) is 15.5. The second-order valence-electron chi connectivity index (χ2n) is 6.70. The van der Waals surface area contributed by atoms with E-state index < -0.39 is 0 Å². The van der Waals surface area contributed by atoms with E-state index in [4.69, 9.17) is 9.97 Å². The molecule has 3 aromatic rings. The lowest BCUT2D eigenvalue weighted by Gasteiger charge is -2.34. The highest BCUT2D eigenvalue weighted by Gasteiger charge is 2.21. The van der Waals surface area contributed by atoms with Crippen LogP contribution in [0.5, 0.6) is 0 Å². The number of fused-ring (bicyclic) bond motifs is 1. The predicted octanol–water partition coefficient (Wildman–Crippen LogP) is 2.64. The van der Waals surface area contributed by atoms with Crippen LogP contribution in [0.4, 0.5) is 17.5 Å². The predicted molar refractivity (Wildman–Crippen MR) is 105 cm³/mol. The molecule has 0 bridgehead atoms. The van der Waals surface area contributed by atoms with E-state index in [0.29, 0.717) is 0 Å². The van der Waals surface area contributed by atoms with E-state index in [1.54, 1.807) is 0 Å². The molecule has 7 heteroatoms. The quantitative estimate of drug-likeness (QED) is 0.762. The highest BCUT2D eigenvalue weighted by Crippen LogP contribution is 2.26. The van der Waals surface area contributed by atoms with E-state index in [2.05, 4.69) is 27.1 Å². The van der Waals surface area contributed by atoms with Crippen LogP contribution in [-0.4, -0.2) is 57.4 Å². The molecule has 1 fully saturated rings. The first-order valence-electron chi connectivity index (χ1n) is 9.23. The number of aromatic nitrogens is 4. The molecule has 7 nitrogen and oxygen atoms in total.